The summed E-state index contributed by atoms with van der Waals surface area (Å²) in [6.45, 7) is 5.83. The van der Waals surface area contributed by atoms with E-state index in [0.29, 0.717) is 12.2 Å². The van der Waals surface area contributed by atoms with Crippen LogP contribution in [0.4, 0.5) is 0 Å². The molecule has 0 radical (unpaired) electrons. The Kier molecular flexibility index (Phi) is 3.92. The smallest absolute Gasteiger partial charge is 0.145 e. The molecule has 1 aliphatic heterocycles. The van der Waals surface area contributed by atoms with Crippen molar-refractivity contribution in [3.8, 4) is 0 Å². The summed E-state index contributed by atoms with van der Waals surface area (Å²) in [6, 6.07) is 0. The number of piperidine rings is 1. The van der Waals surface area contributed by atoms with Crippen molar-refractivity contribution in [3.63, 3.8) is 0 Å². The number of ketones is 1. The molecule has 1 N–H and O–H groups in total. The zero-order chi connectivity index (χ0) is 13.3. The molecular formula is C13H20BrN3O. The highest BCUT2D eigenvalue weighted by molar-refractivity contribution is 9.10. The van der Waals surface area contributed by atoms with Gasteiger partial charge in [0.15, 0.2) is 0 Å². The van der Waals surface area contributed by atoms with Crippen molar-refractivity contribution in [2.45, 2.75) is 33.1 Å². The molecule has 0 spiro atoms. The van der Waals surface area contributed by atoms with Crippen LogP contribution in [0.1, 0.15) is 31.2 Å². The zero-order valence-electron chi connectivity index (χ0n) is 11.2. The number of halogens is 1. The summed E-state index contributed by atoms with van der Waals surface area (Å²) in [5.41, 5.74) is 1.69. The van der Waals surface area contributed by atoms with E-state index < -0.39 is 0 Å². The molecule has 1 unspecified atom stereocenters. The molecule has 0 bridgehead atoms. The second-order valence-corrected chi connectivity index (χ2v) is 6.20. The lowest BCUT2D eigenvalue weighted by Gasteiger charge is -2.32. The number of nitrogens with zero attached hydrogens (tertiary/aromatic N) is 2. The Bertz CT molecular complexity index is 461. The van der Waals surface area contributed by atoms with Crippen LogP contribution in [0.2, 0.25) is 0 Å². The molecule has 1 fully saturated rings. The van der Waals surface area contributed by atoms with E-state index in [1.165, 1.54) is 0 Å². The van der Waals surface area contributed by atoms with Crippen molar-refractivity contribution in [3.05, 3.63) is 15.9 Å². The molecule has 2 rings (SSSR count). The second kappa shape index (κ2) is 5.13. The molecule has 0 saturated carbocycles. The first-order chi connectivity index (χ1) is 8.44. The third-order valence-corrected chi connectivity index (χ3v) is 4.89. The first-order valence-corrected chi connectivity index (χ1v) is 7.15. The van der Waals surface area contributed by atoms with Gasteiger partial charge < -0.3 is 5.32 Å². The Hall–Kier alpha value is -0.680. The van der Waals surface area contributed by atoms with Gasteiger partial charge in [0.25, 0.3) is 0 Å². The first kappa shape index (κ1) is 13.7. The largest absolute Gasteiger partial charge is 0.316 e. The van der Waals surface area contributed by atoms with Gasteiger partial charge in [-0.3, -0.25) is 9.48 Å². The minimum Gasteiger partial charge on any atom is -0.316 e. The summed E-state index contributed by atoms with van der Waals surface area (Å²) in [7, 11) is 1.89. The second-order valence-electron chi connectivity index (χ2n) is 5.41. The molecule has 1 aromatic rings. The predicted octanol–water partition coefficient (Wildman–Crippen LogP) is 1.99. The molecule has 0 aliphatic carbocycles. The van der Waals surface area contributed by atoms with Crippen LogP contribution < -0.4 is 5.32 Å². The molecular weight excluding hydrogens is 294 g/mol. The van der Waals surface area contributed by atoms with Crippen molar-refractivity contribution >= 4 is 21.7 Å². The van der Waals surface area contributed by atoms with Crippen molar-refractivity contribution in [2.24, 2.45) is 12.5 Å². The Morgan fingerprint density at radius 2 is 2.33 bits per heavy atom. The maximum absolute atomic E-state index is 12.5. The molecule has 1 aromatic heterocycles. The number of aromatic nitrogens is 2. The monoisotopic (exact) mass is 313 g/mol. The zero-order valence-corrected chi connectivity index (χ0v) is 12.8. The molecule has 0 aromatic carbocycles. The van der Waals surface area contributed by atoms with Gasteiger partial charge in [0.2, 0.25) is 0 Å². The van der Waals surface area contributed by atoms with E-state index in [9.17, 15) is 4.79 Å². The maximum atomic E-state index is 12.5. The van der Waals surface area contributed by atoms with Gasteiger partial charge in [-0.1, -0.05) is 6.92 Å². The highest BCUT2D eigenvalue weighted by atomic mass is 79.9. The van der Waals surface area contributed by atoms with Crippen LogP contribution in [0.15, 0.2) is 4.47 Å². The minimum absolute atomic E-state index is 0.226. The molecule has 2 heterocycles. The molecule has 1 saturated heterocycles. The molecule has 1 atom stereocenters. The SMILES string of the molecule is Cc1nn(C)c(CC(=O)C2(C)CCCNC2)c1Br. The third-order valence-electron chi connectivity index (χ3n) is 3.86. The van der Waals surface area contributed by atoms with Crippen LogP contribution in [0.25, 0.3) is 0 Å². The summed E-state index contributed by atoms with van der Waals surface area (Å²) in [4.78, 5) is 12.5. The summed E-state index contributed by atoms with van der Waals surface area (Å²) in [6.07, 6.45) is 2.51. The summed E-state index contributed by atoms with van der Waals surface area (Å²) < 4.78 is 2.77. The van der Waals surface area contributed by atoms with Crippen LogP contribution >= 0.6 is 15.9 Å². The standard InChI is InChI=1S/C13H20BrN3O/c1-9-12(14)10(17(3)16-9)7-11(18)13(2)5-4-6-15-8-13/h15H,4-8H2,1-3H3. The lowest BCUT2D eigenvalue weighted by molar-refractivity contribution is -0.128. The van der Waals surface area contributed by atoms with Gasteiger partial charge in [-0.25, -0.2) is 0 Å². The number of carbonyl (C=O) groups excluding carboxylic acids is 1. The van der Waals surface area contributed by atoms with Crippen molar-refractivity contribution in [2.75, 3.05) is 13.1 Å². The number of hydrogen-bond acceptors (Lipinski definition) is 3. The fraction of sp³-hybridized carbons (Fsp3) is 0.692. The van der Waals surface area contributed by atoms with Crippen LogP contribution in [-0.2, 0) is 18.3 Å². The molecule has 4 nitrogen and oxygen atoms in total. The molecule has 100 valence electrons. The van der Waals surface area contributed by atoms with E-state index in [0.717, 1.165) is 41.8 Å². The molecule has 5 heteroatoms. The van der Waals surface area contributed by atoms with E-state index in [1.54, 1.807) is 4.68 Å². The lowest BCUT2D eigenvalue weighted by atomic mass is 9.77. The Labute approximate surface area is 116 Å². The fourth-order valence-corrected chi connectivity index (χ4v) is 3.01. The lowest BCUT2D eigenvalue weighted by Crippen LogP contribution is -2.44. The van der Waals surface area contributed by atoms with Gasteiger partial charge in [-0.05, 0) is 42.2 Å². The Morgan fingerprint density at radius 1 is 1.61 bits per heavy atom. The minimum atomic E-state index is -0.226. The number of hydrogen-bond donors (Lipinski definition) is 1. The Balaban J connectivity index is 2.16. The number of aryl methyl sites for hydroxylation is 2. The number of rotatable bonds is 3. The average molecular weight is 314 g/mol. The normalized spacial score (nSPS) is 24.2. The van der Waals surface area contributed by atoms with E-state index in [2.05, 4.69) is 33.3 Å². The predicted molar refractivity (Wildman–Crippen MR) is 74.6 cm³/mol. The quantitative estimate of drug-likeness (QED) is 0.928. The topological polar surface area (TPSA) is 46.9 Å². The highest BCUT2D eigenvalue weighted by Crippen LogP contribution is 2.30. The van der Waals surface area contributed by atoms with E-state index >= 15 is 0 Å². The molecule has 1 aliphatic rings. The first-order valence-electron chi connectivity index (χ1n) is 6.36. The van der Waals surface area contributed by atoms with Gasteiger partial charge in [0, 0.05) is 19.0 Å². The van der Waals surface area contributed by atoms with Crippen LogP contribution in [0.3, 0.4) is 0 Å². The number of carbonyl (C=O) groups is 1. The molecule has 0 amide bonds. The van der Waals surface area contributed by atoms with Gasteiger partial charge in [-0.15, -0.1) is 0 Å². The van der Waals surface area contributed by atoms with Crippen molar-refractivity contribution in [1.29, 1.82) is 0 Å². The van der Waals surface area contributed by atoms with Gasteiger partial charge in [-0.2, -0.15) is 5.10 Å². The number of Topliss-reactive ketones (excluding diaryl/α,β-unsaturated/α-hetero) is 1. The van der Waals surface area contributed by atoms with Crippen molar-refractivity contribution in [1.82, 2.24) is 15.1 Å². The maximum Gasteiger partial charge on any atom is 0.145 e. The highest BCUT2D eigenvalue weighted by Gasteiger charge is 2.35. The summed E-state index contributed by atoms with van der Waals surface area (Å²) in [5, 5.41) is 7.65. The van der Waals surface area contributed by atoms with Crippen molar-refractivity contribution < 1.29 is 4.79 Å². The molecule has 18 heavy (non-hydrogen) atoms. The van der Waals surface area contributed by atoms with E-state index in [-0.39, 0.29) is 5.41 Å². The summed E-state index contributed by atoms with van der Waals surface area (Å²) >= 11 is 3.52. The van der Waals surface area contributed by atoms with Gasteiger partial charge in [0.05, 0.1) is 22.3 Å². The Morgan fingerprint density at radius 3 is 2.83 bits per heavy atom. The van der Waals surface area contributed by atoms with Crippen LogP contribution in [0.5, 0.6) is 0 Å². The average Bonchev–Trinajstić information content (AvgIpc) is 2.57. The summed E-state index contributed by atoms with van der Waals surface area (Å²) in [5.74, 6) is 0.304. The number of nitrogens with one attached hydrogen (secondary N) is 1. The van der Waals surface area contributed by atoms with Crippen LogP contribution in [0, 0.1) is 12.3 Å². The van der Waals surface area contributed by atoms with Gasteiger partial charge >= 0.3 is 0 Å². The van der Waals surface area contributed by atoms with E-state index in [1.807, 2.05) is 14.0 Å². The van der Waals surface area contributed by atoms with E-state index in [4.69, 9.17) is 0 Å². The third kappa shape index (κ3) is 2.52. The van der Waals surface area contributed by atoms with Gasteiger partial charge in [0.1, 0.15) is 5.78 Å². The fourth-order valence-electron chi connectivity index (χ4n) is 2.53. The van der Waals surface area contributed by atoms with Crippen LogP contribution in [-0.4, -0.2) is 28.7 Å².